The molecule has 0 aliphatic carbocycles. The van der Waals surface area contributed by atoms with Crippen molar-refractivity contribution >= 4 is 5.82 Å². The Bertz CT molecular complexity index is 378. The normalized spacial score (nSPS) is 10.5. The Morgan fingerprint density at radius 1 is 1.53 bits per heavy atom. The molecule has 0 unspecified atom stereocenters. The van der Waals surface area contributed by atoms with Gasteiger partial charge in [0.2, 0.25) is 0 Å². The zero-order valence-corrected chi connectivity index (χ0v) is 10.1. The van der Waals surface area contributed by atoms with Gasteiger partial charge in [-0.3, -0.25) is 4.79 Å². The number of aromatic nitrogens is 2. The Morgan fingerprint density at radius 3 is 3.06 bits per heavy atom. The van der Waals surface area contributed by atoms with Crippen LogP contribution in [0.25, 0.3) is 0 Å². The monoisotopic (exact) mass is 241 g/mol. The molecule has 0 aliphatic heterocycles. The van der Waals surface area contributed by atoms with E-state index in [2.05, 4.69) is 10.3 Å². The molecule has 0 atom stereocenters. The van der Waals surface area contributed by atoms with E-state index in [-0.39, 0.29) is 12.2 Å². The molecule has 6 heteroatoms. The highest BCUT2D eigenvalue weighted by molar-refractivity contribution is 5.30. The lowest BCUT2D eigenvalue weighted by Crippen LogP contribution is -2.24. The standard InChI is InChI=1S/C11H19N3O3/c1-2-14-6-5-13-10(11(14)16)12-4-3-8-17-9-7-15/h5-6,15H,2-4,7-9H2,1H3,(H,12,13). The number of aryl methyl sites for hydroxylation is 1. The first-order chi connectivity index (χ1) is 8.29. The minimum Gasteiger partial charge on any atom is -0.394 e. The average molecular weight is 241 g/mol. The first-order valence-corrected chi connectivity index (χ1v) is 5.77. The summed E-state index contributed by atoms with van der Waals surface area (Å²) >= 11 is 0. The van der Waals surface area contributed by atoms with Crippen LogP contribution in [-0.2, 0) is 11.3 Å². The highest BCUT2D eigenvalue weighted by atomic mass is 16.5. The molecule has 96 valence electrons. The third-order valence-electron chi connectivity index (χ3n) is 2.25. The number of aliphatic hydroxyl groups is 1. The van der Waals surface area contributed by atoms with Gasteiger partial charge < -0.3 is 19.7 Å². The third kappa shape index (κ3) is 4.54. The summed E-state index contributed by atoms with van der Waals surface area (Å²) in [5.74, 6) is 0.372. The van der Waals surface area contributed by atoms with Crippen molar-refractivity contribution in [1.82, 2.24) is 9.55 Å². The van der Waals surface area contributed by atoms with Crippen molar-refractivity contribution in [2.24, 2.45) is 0 Å². The summed E-state index contributed by atoms with van der Waals surface area (Å²) in [6.45, 7) is 4.12. The maximum absolute atomic E-state index is 11.7. The van der Waals surface area contributed by atoms with E-state index in [0.717, 1.165) is 6.42 Å². The van der Waals surface area contributed by atoms with Gasteiger partial charge in [0.25, 0.3) is 5.56 Å². The molecule has 2 N–H and O–H groups in total. The van der Waals surface area contributed by atoms with Gasteiger partial charge in [-0.1, -0.05) is 0 Å². The highest BCUT2D eigenvalue weighted by Crippen LogP contribution is 1.93. The Kier molecular flexibility index (Phi) is 6.27. The molecule has 1 aromatic heterocycles. The van der Waals surface area contributed by atoms with Crippen molar-refractivity contribution in [3.05, 3.63) is 22.7 Å². The topological polar surface area (TPSA) is 76.4 Å². The molecule has 6 nitrogen and oxygen atoms in total. The van der Waals surface area contributed by atoms with Crippen molar-refractivity contribution in [2.75, 3.05) is 31.7 Å². The number of anilines is 1. The molecular weight excluding hydrogens is 222 g/mol. The summed E-state index contributed by atoms with van der Waals surface area (Å²) in [7, 11) is 0. The number of nitrogens with zero attached hydrogens (tertiary/aromatic N) is 2. The SMILES string of the molecule is CCn1ccnc(NCCCOCCO)c1=O. The Morgan fingerprint density at radius 2 is 2.35 bits per heavy atom. The lowest BCUT2D eigenvalue weighted by atomic mass is 10.4. The maximum atomic E-state index is 11.7. The van der Waals surface area contributed by atoms with Crippen LogP contribution in [0.4, 0.5) is 5.82 Å². The van der Waals surface area contributed by atoms with Crippen LogP contribution in [0, 0.1) is 0 Å². The van der Waals surface area contributed by atoms with Crippen LogP contribution in [0.1, 0.15) is 13.3 Å². The van der Waals surface area contributed by atoms with Gasteiger partial charge in [0, 0.05) is 32.1 Å². The third-order valence-corrected chi connectivity index (χ3v) is 2.25. The van der Waals surface area contributed by atoms with E-state index in [0.29, 0.717) is 32.1 Å². The lowest BCUT2D eigenvalue weighted by Gasteiger charge is -2.07. The molecule has 1 rings (SSSR count). The summed E-state index contributed by atoms with van der Waals surface area (Å²) < 4.78 is 6.70. The second-order valence-electron chi connectivity index (χ2n) is 3.48. The summed E-state index contributed by atoms with van der Waals surface area (Å²) in [6.07, 6.45) is 4.04. The summed E-state index contributed by atoms with van der Waals surface area (Å²) in [6, 6.07) is 0. The van der Waals surface area contributed by atoms with Crippen LogP contribution < -0.4 is 10.9 Å². The number of hydrogen-bond donors (Lipinski definition) is 2. The van der Waals surface area contributed by atoms with Gasteiger partial charge in [-0.15, -0.1) is 0 Å². The molecule has 0 aromatic carbocycles. The molecule has 0 amide bonds. The van der Waals surface area contributed by atoms with Gasteiger partial charge in [0.1, 0.15) is 0 Å². The second kappa shape index (κ2) is 7.81. The fourth-order valence-electron chi connectivity index (χ4n) is 1.37. The first-order valence-electron chi connectivity index (χ1n) is 5.77. The molecule has 0 spiro atoms. The van der Waals surface area contributed by atoms with Crippen LogP contribution >= 0.6 is 0 Å². The summed E-state index contributed by atoms with van der Waals surface area (Å²) in [5, 5.41) is 11.5. The van der Waals surface area contributed by atoms with Crippen molar-refractivity contribution < 1.29 is 9.84 Å². The molecule has 0 saturated carbocycles. The van der Waals surface area contributed by atoms with E-state index in [1.165, 1.54) is 0 Å². The van der Waals surface area contributed by atoms with Gasteiger partial charge in [-0.25, -0.2) is 4.98 Å². The molecule has 0 bridgehead atoms. The molecule has 0 saturated heterocycles. The van der Waals surface area contributed by atoms with Gasteiger partial charge in [-0.05, 0) is 13.3 Å². The summed E-state index contributed by atoms with van der Waals surface area (Å²) in [5.41, 5.74) is -0.105. The molecule has 1 aromatic rings. The quantitative estimate of drug-likeness (QED) is 0.630. The van der Waals surface area contributed by atoms with E-state index >= 15 is 0 Å². The fraction of sp³-hybridized carbons (Fsp3) is 0.636. The van der Waals surface area contributed by atoms with Gasteiger partial charge in [0.15, 0.2) is 5.82 Å². The molecule has 0 radical (unpaired) electrons. The smallest absolute Gasteiger partial charge is 0.293 e. The van der Waals surface area contributed by atoms with E-state index in [4.69, 9.17) is 9.84 Å². The van der Waals surface area contributed by atoms with E-state index in [1.54, 1.807) is 17.0 Å². The molecule has 17 heavy (non-hydrogen) atoms. The summed E-state index contributed by atoms with van der Waals surface area (Å²) in [4.78, 5) is 15.7. The minimum absolute atomic E-state index is 0.0366. The second-order valence-corrected chi connectivity index (χ2v) is 3.48. The van der Waals surface area contributed by atoms with Gasteiger partial charge in [-0.2, -0.15) is 0 Å². The van der Waals surface area contributed by atoms with Crippen LogP contribution in [0.5, 0.6) is 0 Å². The van der Waals surface area contributed by atoms with Gasteiger partial charge >= 0.3 is 0 Å². The Labute approximate surface area is 100 Å². The Hall–Kier alpha value is -1.40. The van der Waals surface area contributed by atoms with Gasteiger partial charge in [0.05, 0.1) is 13.2 Å². The number of hydrogen-bond acceptors (Lipinski definition) is 5. The number of rotatable bonds is 8. The van der Waals surface area contributed by atoms with Crippen LogP contribution in [-0.4, -0.2) is 41.0 Å². The fourth-order valence-corrected chi connectivity index (χ4v) is 1.37. The predicted molar refractivity (Wildman–Crippen MR) is 65.2 cm³/mol. The van der Waals surface area contributed by atoms with E-state index in [9.17, 15) is 4.79 Å². The Balaban J connectivity index is 2.34. The minimum atomic E-state index is -0.105. The van der Waals surface area contributed by atoms with Crippen molar-refractivity contribution in [3.63, 3.8) is 0 Å². The van der Waals surface area contributed by atoms with Crippen LogP contribution in [0.2, 0.25) is 0 Å². The number of aliphatic hydroxyl groups excluding tert-OH is 1. The number of nitrogens with one attached hydrogen (secondary N) is 1. The zero-order chi connectivity index (χ0) is 12.5. The molecular formula is C11H19N3O3. The predicted octanol–water partition coefficient (Wildman–Crippen LogP) is 0.0741. The largest absolute Gasteiger partial charge is 0.394 e. The first kappa shape index (κ1) is 13.7. The van der Waals surface area contributed by atoms with Crippen molar-refractivity contribution in [2.45, 2.75) is 19.9 Å². The molecule has 0 fully saturated rings. The maximum Gasteiger partial charge on any atom is 0.293 e. The van der Waals surface area contributed by atoms with Crippen LogP contribution in [0.15, 0.2) is 17.2 Å². The van der Waals surface area contributed by atoms with E-state index in [1.807, 2.05) is 6.92 Å². The van der Waals surface area contributed by atoms with Crippen molar-refractivity contribution in [1.29, 1.82) is 0 Å². The lowest BCUT2D eigenvalue weighted by molar-refractivity contribution is 0.0922. The van der Waals surface area contributed by atoms with E-state index < -0.39 is 0 Å². The number of ether oxygens (including phenoxy) is 1. The zero-order valence-electron chi connectivity index (χ0n) is 10.1. The van der Waals surface area contributed by atoms with Crippen LogP contribution in [0.3, 0.4) is 0 Å². The molecule has 1 heterocycles. The molecule has 0 aliphatic rings. The van der Waals surface area contributed by atoms with Crippen molar-refractivity contribution in [3.8, 4) is 0 Å². The highest BCUT2D eigenvalue weighted by Gasteiger charge is 2.01. The average Bonchev–Trinajstić information content (AvgIpc) is 2.35.